The topological polar surface area (TPSA) is 42.4 Å². The van der Waals surface area contributed by atoms with Gasteiger partial charge < -0.3 is 13.7 Å². The van der Waals surface area contributed by atoms with Gasteiger partial charge in [0.15, 0.2) is 5.58 Å². The van der Waals surface area contributed by atoms with E-state index in [0.717, 1.165) is 61.2 Å². The summed E-state index contributed by atoms with van der Waals surface area (Å²) in [5.74, 6) is 0.584. The predicted octanol–water partition coefficient (Wildman–Crippen LogP) is 12.8. The fourth-order valence-corrected chi connectivity index (χ4v) is 7.24. The molecule has 0 aliphatic carbocycles. The van der Waals surface area contributed by atoms with Crippen molar-refractivity contribution in [2.24, 2.45) is 0 Å². The lowest BCUT2D eigenvalue weighted by atomic mass is 9.97. The fraction of sp³-hybridized carbons (Fsp3) is 0. The fourth-order valence-electron chi connectivity index (χ4n) is 7.24. The smallest absolute Gasteiger partial charge is 0.228 e. The van der Waals surface area contributed by atoms with Gasteiger partial charge in [0, 0.05) is 39.2 Å². The largest absolute Gasteiger partial charge is 0.456 e. The maximum atomic E-state index is 6.58. The Bertz CT molecular complexity index is 2820. The molecule has 0 saturated heterocycles. The zero-order chi connectivity index (χ0) is 32.3. The predicted molar refractivity (Wildman–Crippen MR) is 202 cm³/mol. The molecule has 0 N–H and O–H groups in total. The first-order chi connectivity index (χ1) is 24.3. The highest BCUT2D eigenvalue weighted by Crippen LogP contribution is 2.44. The molecular formula is C45H28N2O2. The van der Waals surface area contributed by atoms with Crippen LogP contribution in [-0.2, 0) is 0 Å². The van der Waals surface area contributed by atoms with Gasteiger partial charge in [0.25, 0.3) is 0 Å². The van der Waals surface area contributed by atoms with Gasteiger partial charge in [0.2, 0.25) is 5.89 Å². The van der Waals surface area contributed by atoms with Gasteiger partial charge >= 0.3 is 0 Å². The molecule has 4 heteroatoms. The van der Waals surface area contributed by atoms with E-state index in [0.29, 0.717) is 5.89 Å². The molecule has 0 atom stereocenters. The van der Waals surface area contributed by atoms with Gasteiger partial charge in [-0.25, -0.2) is 4.98 Å². The average molecular weight is 629 g/mol. The molecule has 4 nitrogen and oxygen atoms in total. The number of rotatable bonds is 5. The molecule has 2 aromatic heterocycles. The summed E-state index contributed by atoms with van der Waals surface area (Å²) >= 11 is 0. The molecule has 0 unspecified atom stereocenters. The van der Waals surface area contributed by atoms with Crippen LogP contribution in [0.2, 0.25) is 0 Å². The lowest BCUT2D eigenvalue weighted by Crippen LogP contribution is -2.10. The second-order valence-corrected chi connectivity index (χ2v) is 12.4. The number of hydrogen-bond donors (Lipinski definition) is 0. The minimum Gasteiger partial charge on any atom is -0.456 e. The third-order valence-electron chi connectivity index (χ3n) is 9.48. The highest BCUT2D eigenvalue weighted by Gasteiger charge is 2.21. The van der Waals surface area contributed by atoms with Crippen LogP contribution >= 0.6 is 0 Å². The number of aromatic nitrogens is 1. The summed E-state index contributed by atoms with van der Waals surface area (Å²) in [6.45, 7) is 0. The summed E-state index contributed by atoms with van der Waals surface area (Å²) in [5, 5.41) is 6.82. The van der Waals surface area contributed by atoms with Crippen molar-refractivity contribution in [1.82, 2.24) is 4.98 Å². The van der Waals surface area contributed by atoms with E-state index in [9.17, 15) is 0 Å². The molecule has 0 saturated carbocycles. The maximum absolute atomic E-state index is 6.58. The lowest BCUT2D eigenvalue weighted by molar-refractivity contribution is 0.620. The number of furan rings is 1. The zero-order valence-corrected chi connectivity index (χ0v) is 26.4. The normalized spacial score (nSPS) is 11.7. The highest BCUT2D eigenvalue weighted by atomic mass is 16.3. The third kappa shape index (κ3) is 4.49. The van der Waals surface area contributed by atoms with Crippen LogP contribution in [-0.4, -0.2) is 4.98 Å². The van der Waals surface area contributed by atoms with Gasteiger partial charge in [-0.15, -0.1) is 0 Å². The van der Waals surface area contributed by atoms with Crippen LogP contribution in [0, 0.1) is 0 Å². The molecule has 10 rings (SSSR count). The number of para-hydroxylation sites is 2. The molecule has 49 heavy (non-hydrogen) atoms. The molecule has 0 fully saturated rings. The van der Waals surface area contributed by atoms with Gasteiger partial charge in [-0.2, -0.15) is 0 Å². The zero-order valence-electron chi connectivity index (χ0n) is 26.4. The van der Waals surface area contributed by atoms with Gasteiger partial charge in [-0.3, -0.25) is 0 Å². The summed E-state index contributed by atoms with van der Waals surface area (Å²) in [6, 6.07) is 59.4. The SMILES string of the molecule is c1cc(-c2cccc3ccccc23)cc(N(c2ccc3c(c2)oc2cccc(-c4nc5ccccc5o4)c23)c2cccc3ccccc23)c1. The van der Waals surface area contributed by atoms with Gasteiger partial charge in [0.1, 0.15) is 16.7 Å². The number of nitrogens with zero attached hydrogens (tertiary/aromatic N) is 2. The summed E-state index contributed by atoms with van der Waals surface area (Å²) < 4.78 is 12.8. The summed E-state index contributed by atoms with van der Waals surface area (Å²) in [6.07, 6.45) is 0. The van der Waals surface area contributed by atoms with E-state index in [4.69, 9.17) is 13.8 Å². The van der Waals surface area contributed by atoms with Crippen LogP contribution in [0.1, 0.15) is 0 Å². The van der Waals surface area contributed by atoms with Crippen LogP contribution in [0.25, 0.3) is 77.2 Å². The Morgan fingerprint density at radius 1 is 0.429 bits per heavy atom. The number of anilines is 3. The molecule has 8 aromatic carbocycles. The molecule has 0 bridgehead atoms. The Kier molecular flexibility index (Phi) is 6.15. The Hall–Kier alpha value is -6.65. The number of oxazole rings is 1. The van der Waals surface area contributed by atoms with Crippen LogP contribution < -0.4 is 4.90 Å². The van der Waals surface area contributed by atoms with Crippen molar-refractivity contribution >= 4 is 71.6 Å². The van der Waals surface area contributed by atoms with Crippen LogP contribution in [0.3, 0.4) is 0 Å². The van der Waals surface area contributed by atoms with E-state index in [2.05, 4.69) is 138 Å². The summed E-state index contributed by atoms with van der Waals surface area (Å²) in [5.41, 5.74) is 9.62. The Balaban J connectivity index is 1.18. The number of hydrogen-bond acceptors (Lipinski definition) is 4. The summed E-state index contributed by atoms with van der Waals surface area (Å²) in [7, 11) is 0. The lowest BCUT2D eigenvalue weighted by Gasteiger charge is -2.27. The third-order valence-corrected chi connectivity index (χ3v) is 9.48. The minimum absolute atomic E-state index is 0.584. The van der Waals surface area contributed by atoms with E-state index < -0.39 is 0 Å². The van der Waals surface area contributed by atoms with E-state index in [1.807, 2.05) is 36.4 Å². The molecule has 10 aromatic rings. The number of fused-ring (bicyclic) bond motifs is 6. The quantitative estimate of drug-likeness (QED) is 0.190. The molecule has 0 spiro atoms. The molecule has 2 heterocycles. The Morgan fingerprint density at radius 2 is 1.10 bits per heavy atom. The van der Waals surface area contributed by atoms with Gasteiger partial charge in [-0.05, 0) is 81.9 Å². The van der Waals surface area contributed by atoms with Gasteiger partial charge in [0.05, 0.1) is 5.69 Å². The van der Waals surface area contributed by atoms with Crippen molar-refractivity contribution in [3.05, 3.63) is 170 Å². The maximum Gasteiger partial charge on any atom is 0.228 e. The highest BCUT2D eigenvalue weighted by molar-refractivity contribution is 6.13. The van der Waals surface area contributed by atoms with Crippen molar-refractivity contribution in [3.8, 4) is 22.6 Å². The first-order valence-corrected chi connectivity index (χ1v) is 16.5. The first-order valence-electron chi connectivity index (χ1n) is 16.5. The van der Waals surface area contributed by atoms with Crippen molar-refractivity contribution in [2.45, 2.75) is 0 Å². The Morgan fingerprint density at radius 3 is 2.00 bits per heavy atom. The van der Waals surface area contributed by atoms with Gasteiger partial charge in [-0.1, -0.05) is 109 Å². The van der Waals surface area contributed by atoms with Crippen molar-refractivity contribution in [2.75, 3.05) is 4.90 Å². The van der Waals surface area contributed by atoms with Crippen molar-refractivity contribution in [3.63, 3.8) is 0 Å². The second-order valence-electron chi connectivity index (χ2n) is 12.4. The molecule has 0 aliphatic rings. The summed E-state index contributed by atoms with van der Waals surface area (Å²) in [4.78, 5) is 7.15. The number of benzene rings is 8. The van der Waals surface area contributed by atoms with Crippen molar-refractivity contribution in [1.29, 1.82) is 0 Å². The van der Waals surface area contributed by atoms with E-state index in [-0.39, 0.29) is 0 Å². The van der Waals surface area contributed by atoms with E-state index in [1.54, 1.807) is 0 Å². The van der Waals surface area contributed by atoms with Crippen LogP contribution in [0.15, 0.2) is 179 Å². The van der Waals surface area contributed by atoms with Crippen LogP contribution in [0.4, 0.5) is 17.1 Å². The van der Waals surface area contributed by atoms with Crippen LogP contribution in [0.5, 0.6) is 0 Å². The second kappa shape index (κ2) is 11.0. The van der Waals surface area contributed by atoms with Crippen molar-refractivity contribution < 1.29 is 8.83 Å². The molecule has 0 radical (unpaired) electrons. The standard InChI is InChI=1S/C45H28N2O2/c1-3-17-34-29(11-1)13-8-19-35(34)31-15-7-16-32(27-31)47(40-22-9-14-30-12-2-4-18-36(30)40)33-25-26-37-43(28-33)48-42-24-10-20-38(44(37)42)45-46-39-21-5-6-23-41(39)49-45/h1-28H. The monoisotopic (exact) mass is 628 g/mol. The first kappa shape index (κ1) is 27.5. The Labute approximate surface area is 282 Å². The molecule has 230 valence electrons. The molecule has 0 amide bonds. The average Bonchev–Trinajstić information content (AvgIpc) is 3.77. The molecule has 0 aliphatic heterocycles. The minimum atomic E-state index is 0.584. The molecular weight excluding hydrogens is 601 g/mol. The van der Waals surface area contributed by atoms with E-state index in [1.165, 1.54) is 27.1 Å². The van der Waals surface area contributed by atoms with E-state index >= 15 is 0 Å².